The molecule has 1 amide bonds. The minimum atomic E-state index is -0.375. The summed E-state index contributed by atoms with van der Waals surface area (Å²) in [6.45, 7) is 0.698. The summed E-state index contributed by atoms with van der Waals surface area (Å²) in [6, 6.07) is 21.4. The van der Waals surface area contributed by atoms with Crippen molar-refractivity contribution in [2.75, 3.05) is 17.7 Å². The quantitative estimate of drug-likeness (QED) is 0.643. The van der Waals surface area contributed by atoms with Crippen molar-refractivity contribution < 1.29 is 13.9 Å². The Morgan fingerprint density at radius 2 is 1.63 bits per heavy atom. The largest absolute Gasteiger partial charge is 0.497 e. The summed E-state index contributed by atoms with van der Waals surface area (Å²) in [5.41, 5.74) is 3.46. The molecule has 0 unspecified atom stereocenters. The van der Waals surface area contributed by atoms with Crippen LogP contribution >= 0.6 is 0 Å². The molecule has 0 atom stereocenters. The second kappa shape index (κ2) is 8.85. The molecular weight excluding hydrogens is 343 g/mol. The first-order valence-corrected chi connectivity index (χ1v) is 8.63. The molecule has 2 N–H and O–H groups in total. The van der Waals surface area contributed by atoms with Gasteiger partial charge in [-0.15, -0.1) is 0 Å². The zero-order valence-electron chi connectivity index (χ0n) is 15.0. The Morgan fingerprint density at radius 3 is 2.30 bits per heavy atom. The van der Waals surface area contributed by atoms with Crippen LogP contribution in [0.25, 0.3) is 0 Å². The summed E-state index contributed by atoms with van der Waals surface area (Å²) in [4.78, 5) is 12.1. The molecule has 4 nitrogen and oxygen atoms in total. The Kier molecular flexibility index (Phi) is 6.05. The Bertz CT molecular complexity index is 893. The van der Waals surface area contributed by atoms with E-state index in [1.807, 2.05) is 48.5 Å². The molecule has 138 valence electrons. The van der Waals surface area contributed by atoms with Gasteiger partial charge in [-0.1, -0.05) is 30.3 Å². The van der Waals surface area contributed by atoms with Gasteiger partial charge in [0.25, 0.3) is 0 Å². The topological polar surface area (TPSA) is 50.4 Å². The van der Waals surface area contributed by atoms with Gasteiger partial charge in [-0.05, 0) is 53.6 Å². The summed E-state index contributed by atoms with van der Waals surface area (Å²) < 4.78 is 18.3. The molecule has 27 heavy (non-hydrogen) atoms. The third kappa shape index (κ3) is 5.57. The van der Waals surface area contributed by atoms with Crippen LogP contribution in [0.2, 0.25) is 0 Å². The van der Waals surface area contributed by atoms with E-state index in [9.17, 15) is 9.18 Å². The van der Waals surface area contributed by atoms with Crippen molar-refractivity contribution in [3.05, 3.63) is 89.7 Å². The highest BCUT2D eigenvalue weighted by Crippen LogP contribution is 2.15. The second-order valence-electron chi connectivity index (χ2n) is 6.13. The lowest BCUT2D eigenvalue weighted by Crippen LogP contribution is -2.14. The second-order valence-corrected chi connectivity index (χ2v) is 6.13. The molecule has 0 fully saturated rings. The highest BCUT2D eigenvalue weighted by molar-refractivity contribution is 5.92. The third-order valence-corrected chi connectivity index (χ3v) is 4.08. The van der Waals surface area contributed by atoms with Gasteiger partial charge in [0.15, 0.2) is 0 Å². The molecule has 0 aromatic heterocycles. The molecule has 0 aliphatic carbocycles. The van der Waals surface area contributed by atoms with Crippen LogP contribution in [0.3, 0.4) is 0 Å². The summed E-state index contributed by atoms with van der Waals surface area (Å²) >= 11 is 0. The number of benzene rings is 3. The Hall–Kier alpha value is -3.34. The summed E-state index contributed by atoms with van der Waals surface area (Å²) in [5.74, 6) is 0.277. The summed E-state index contributed by atoms with van der Waals surface area (Å²) in [6.07, 6.45) is 0.231. The van der Waals surface area contributed by atoms with Gasteiger partial charge in [0.1, 0.15) is 11.6 Å². The van der Waals surface area contributed by atoms with E-state index in [-0.39, 0.29) is 18.1 Å². The fourth-order valence-corrected chi connectivity index (χ4v) is 2.64. The number of amides is 1. The van der Waals surface area contributed by atoms with Crippen LogP contribution in [0.5, 0.6) is 5.75 Å². The molecule has 0 spiro atoms. The van der Waals surface area contributed by atoms with Crippen LogP contribution in [-0.2, 0) is 17.8 Å². The fourth-order valence-electron chi connectivity index (χ4n) is 2.64. The first-order chi connectivity index (χ1) is 13.1. The van der Waals surface area contributed by atoms with Gasteiger partial charge in [0, 0.05) is 17.9 Å². The number of nitrogens with one attached hydrogen (secondary N) is 2. The molecule has 0 bridgehead atoms. The van der Waals surface area contributed by atoms with Crippen molar-refractivity contribution in [1.29, 1.82) is 0 Å². The van der Waals surface area contributed by atoms with Crippen LogP contribution in [0.1, 0.15) is 11.1 Å². The number of methoxy groups -OCH3 is 1. The molecule has 0 radical (unpaired) electrons. The van der Waals surface area contributed by atoms with Gasteiger partial charge in [0.2, 0.25) is 5.91 Å². The van der Waals surface area contributed by atoms with Crippen LogP contribution < -0.4 is 15.4 Å². The van der Waals surface area contributed by atoms with Crippen molar-refractivity contribution >= 4 is 17.3 Å². The maximum atomic E-state index is 13.2. The zero-order valence-corrected chi connectivity index (χ0v) is 15.0. The van der Waals surface area contributed by atoms with Gasteiger partial charge in [0.05, 0.1) is 13.5 Å². The van der Waals surface area contributed by atoms with Gasteiger partial charge in [-0.3, -0.25) is 4.79 Å². The highest BCUT2D eigenvalue weighted by atomic mass is 19.1. The van der Waals surface area contributed by atoms with Crippen LogP contribution in [-0.4, -0.2) is 13.0 Å². The van der Waals surface area contributed by atoms with E-state index < -0.39 is 0 Å². The van der Waals surface area contributed by atoms with E-state index in [0.29, 0.717) is 12.2 Å². The van der Waals surface area contributed by atoms with Gasteiger partial charge in [-0.25, -0.2) is 4.39 Å². The molecule has 0 saturated heterocycles. The van der Waals surface area contributed by atoms with Crippen LogP contribution in [0.15, 0.2) is 72.8 Å². The number of halogens is 1. The maximum Gasteiger partial charge on any atom is 0.228 e. The molecular formula is C22H21FN2O2. The molecule has 3 aromatic carbocycles. The Morgan fingerprint density at radius 1 is 0.926 bits per heavy atom. The van der Waals surface area contributed by atoms with Gasteiger partial charge >= 0.3 is 0 Å². The van der Waals surface area contributed by atoms with Crippen LogP contribution in [0.4, 0.5) is 15.8 Å². The first kappa shape index (κ1) is 18.5. The van der Waals surface area contributed by atoms with Crippen molar-refractivity contribution in [3.8, 4) is 5.75 Å². The minimum absolute atomic E-state index is 0.181. The highest BCUT2D eigenvalue weighted by Gasteiger charge is 2.05. The number of hydrogen-bond donors (Lipinski definition) is 2. The Labute approximate surface area is 158 Å². The molecule has 3 aromatic rings. The van der Waals surface area contributed by atoms with Crippen molar-refractivity contribution in [1.82, 2.24) is 0 Å². The predicted octanol–water partition coefficient (Wildman–Crippen LogP) is 4.63. The van der Waals surface area contributed by atoms with Gasteiger partial charge < -0.3 is 15.4 Å². The van der Waals surface area contributed by atoms with Gasteiger partial charge in [-0.2, -0.15) is 0 Å². The van der Waals surface area contributed by atoms with Crippen molar-refractivity contribution in [3.63, 3.8) is 0 Å². The van der Waals surface area contributed by atoms with E-state index in [2.05, 4.69) is 10.6 Å². The third-order valence-electron chi connectivity index (χ3n) is 4.08. The Balaban J connectivity index is 1.51. The summed E-state index contributed by atoms with van der Waals surface area (Å²) in [7, 11) is 1.65. The summed E-state index contributed by atoms with van der Waals surface area (Å²) in [5, 5.41) is 6.04. The lowest BCUT2D eigenvalue weighted by atomic mass is 10.1. The standard InChI is InChI=1S/C22H21FN2O2/c1-27-21-11-7-17(8-12-21)15-24-19-9-5-16(6-10-19)13-22(26)25-20-4-2-3-18(23)14-20/h2-12,14,24H,13,15H2,1H3,(H,25,26). The average molecular weight is 364 g/mol. The minimum Gasteiger partial charge on any atom is -0.497 e. The van der Waals surface area contributed by atoms with E-state index in [1.54, 1.807) is 19.2 Å². The zero-order chi connectivity index (χ0) is 19.1. The fraction of sp³-hybridized carbons (Fsp3) is 0.136. The van der Waals surface area contributed by atoms with E-state index in [1.165, 1.54) is 12.1 Å². The molecule has 0 aliphatic rings. The average Bonchev–Trinajstić information content (AvgIpc) is 2.68. The van der Waals surface area contributed by atoms with Crippen molar-refractivity contribution in [2.45, 2.75) is 13.0 Å². The number of ether oxygens (including phenoxy) is 1. The molecule has 0 saturated carbocycles. The maximum absolute atomic E-state index is 13.2. The normalized spacial score (nSPS) is 10.3. The number of rotatable bonds is 7. The lowest BCUT2D eigenvalue weighted by Gasteiger charge is -2.09. The molecule has 3 rings (SSSR count). The van der Waals surface area contributed by atoms with E-state index >= 15 is 0 Å². The van der Waals surface area contributed by atoms with E-state index in [4.69, 9.17) is 4.74 Å². The lowest BCUT2D eigenvalue weighted by molar-refractivity contribution is -0.115. The molecule has 0 heterocycles. The first-order valence-electron chi connectivity index (χ1n) is 8.63. The molecule has 5 heteroatoms. The smallest absolute Gasteiger partial charge is 0.228 e. The number of carbonyl (C=O) groups excluding carboxylic acids is 1. The van der Waals surface area contributed by atoms with E-state index in [0.717, 1.165) is 22.6 Å². The monoisotopic (exact) mass is 364 g/mol. The van der Waals surface area contributed by atoms with Crippen LogP contribution in [0, 0.1) is 5.82 Å². The number of hydrogen-bond acceptors (Lipinski definition) is 3. The number of carbonyl (C=O) groups is 1. The number of anilines is 2. The SMILES string of the molecule is COc1ccc(CNc2ccc(CC(=O)Nc3cccc(F)c3)cc2)cc1. The molecule has 0 aliphatic heterocycles. The predicted molar refractivity (Wildman–Crippen MR) is 105 cm³/mol. The van der Waals surface area contributed by atoms with Crippen molar-refractivity contribution in [2.24, 2.45) is 0 Å².